The Kier molecular flexibility index (Phi) is 2.33. The van der Waals surface area contributed by atoms with Gasteiger partial charge in [-0.05, 0) is 0 Å². The summed E-state index contributed by atoms with van der Waals surface area (Å²) in [5, 5.41) is 0.697. The first kappa shape index (κ1) is 6.86. The fourth-order valence-corrected chi connectivity index (χ4v) is 1.07. The minimum absolute atomic E-state index is 0.00579. The zero-order valence-corrected chi connectivity index (χ0v) is 6.39. The van der Waals surface area contributed by atoms with Crippen molar-refractivity contribution >= 4 is 22.1 Å². The van der Waals surface area contributed by atoms with E-state index in [2.05, 4.69) is 20.7 Å². The van der Waals surface area contributed by atoms with Gasteiger partial charge < -0.3 is 9.47 Å². The lowest BCUT2D eigenvalue weighted by Crippen LogP contribution is -2.28. The molecule has 4 heteroatoms. The van der Waals surface area contributed by atoms with Crippen molar-refractivity contribution in [2.24, 2.45) is 0 Å². The van der Waals surface area contributed by atoms with Crippen molar-refractivity contribution < 1.29 is 14.3 Å². The molecule has 1 rings (SSSR count). The van der Waals surface area contributed by atoms with Crippen LogP contribution < -0.4 is 0 Å². The Labute approximate surface area is 61.4 Å². The number of carbonyl (C=O) groups is 1. The highest BCUT2D eigenvalue weighted by molar-refractivity contribution is 9.09. The van der Waals surface area contributed by atoms with Gasteiger partial charge in [-0.2, -0.15) is 0 Å². The molecule has 1 fully saturated rings. The van der Waals surface area contributed by atoms with E-state index in [0.29, 0.717) is 11.9 Å². The van der Waals surface area contributed by atoms with Gasteiger partial charge >= 0.3 is 6.16 Å². The highest BCUT2D eigenvalue weighted by Crippen LogP contribution is 2.09. The van der Waals surface area contributed by atoms with E-state index in [9.17, 15) is 4.79 Å². The summed E-state index contributed by atoms with van der Waals surface area (Å²) in [5.41, 5.74) is 0. The number of halogens is 1. The van der Waals surface area contributed by atoms with Crippen LogP contribution in [-0.2, 0) is 9.47 Å². The molecule has 0 aromatic heterocycles. The van der Waals surface area contributed by atoms with Crippen molar-refractivity contribution in [1.82, 2.24) is 0 Å². The molecule has 1 atom stereocenters. The van der Waals surface area contributed by atoms with E-state index in [1.807, 2.05) is 0 Å². The first-order valence-corrected chi connectivity index (χ1v) is 3.84. The van der Waals surface area contributed by atoms with Gasteiger partial charge in [0.25, 0.3) is 0 Å². The van der Waals surface area contributed by atoms with E-state index in [1.54, 1.807) is 0 Å². The molecule has 0 saturated carbocycles. The number of alkyl halides is 1. The van der Waals surface area contributed by atoms with Crippen molar-refractivity contribution in [2.75, 3.05) is 11.9 Å². The van der Waals surface area contributed by atoms with Gasteiger partial charge in [-0.1, -0.05) is 15.9 Å². The molecule has 0 radical (unpaired) electrons. The summed E-state index contributed by atoms with van der Waals surface area (Å²) in [6, 6.07) is 0. The van der Waals surface area contributed by atoms with Crippen LogP contribution in [0.2, 0.25) is 0 Å². The third-order valence-corrected chi connectivity index (χ3v) is 1.82. The number of hydrogen-bond donors (Lipinski definition) is 0. The van der Waals surface area contributed by atoms with Crippen LogP contribution >= 0.6 is 15.9 Å². The summed E-state index contributed by atoms with van der Waals surface area (Å²) in [7, 11) is 0. The van der Waals surface area contributed by atoms with Crippen LogP contribution in [0.15, 0.2) is 0 Å². The van der Waals surface area contributed by atoms with Crippen LogP contribution in [-0.4, -0.2) is 24.2 Å². The maximum atomic E-state index is 10.4. The molecule has 1 saturated heterocycles. The van der Waals surface area contributed by atoms with Crippen LogP contribution in [0.4, 0.5) is 4.79 Å². The number of rotatable bonds is 1. The second-order valence-corrected chi connectivity index (χ2v) is 2.43. The molecule has 9 heavy (non-hydrogen) atoms. The molecule has 52 valence electrons. The maximum Gasteiger partial charge on any atom is 0.508 e. The van der Waals surface area contributed by atoms with Gasteiger partial charge in [0.05, 0.1) is 6.61 Å². The molecular formula is C5H7BrO3. The molecule has 0 aliphatic carbocycles. The number of carbonyl (C=O) groups excluding carboxylic acids is 1. The van der Waals surface area contributed by atoms with Gasteiger partial charge in [0.15, 0.2) is 0 Å². The van der Waals surface area contributed by atoms with Crippen molar-refractivity contribution in [2.45, 2.75) is 12.5 Å². The highest BCUT2D eigenvalue weighted by atomic mass is 79.9. The van der Waals surface area contributed by atoms with Crippen molar-refractivity contribution in [3.05, 3.63) is 0 Å². The van der Waals surface area contributed by atoms with E-state index in [1.165, 1.54) is 0 Å². The van der Waals surface area contributed by atoms with Gasteiger partial charge in [0, 0.05) is 11.8 Å². The van der Waals surface area contributed by atoms with Gasteiger partial charge in [-0.15, -0.1) is 0 Å². The Hall–Kier alpha value is -0.250. The fraction of sp³-hybridized carbons (Fsp3) is 0.800. The zero-order valence-electron chi connectivity index (χ0n) is 4.80. The minimum atomic E-state index is -0.550. The first-order chi connectivity index (χ1) is 4.33. The SMILES string of the molecule is O=C1OCCC(CBr)O1. The smallest absolute Gasteiger partial charge is 0.434 e. The molecule has 1 aliphatic rings. The second kappa shape index (κ2) is 3.06. The normalized spacial score (nSPS) is 26.8. The zero-order chi connectivity index (χ0) is 6.69. The van der Waals surface area contributed by atoms with Gasteiger partial charge in [-0.25, -0.2) is 4.79 Å². The summed E-state index contributed by atoms with van der Waals surface area (Å²) in [6.07, 6.45) is 0.244. The quantitative estimate of drug-likeness (QED) is 0.467. The molecule has 0 aromatic carbocycles. The molecule has 1 heterocycles. The van der Waals surface area contributed by atoms with E-state index in [-0.39, 0.29) is 6.10 Å². The van der Waals surface area contributed by atoms with E-state index < -0.39 is 6.16 Å². The Bertz CT molecular complexity index is 115. The fourth-order valence-electron chi connectivity index (χ4n) is 0.611. The Balaban J connectivity index is 2.32. The second-order valence-electron chi connectivity index (χ2n) is 1.78. The maximum absolute atomic E-state index is 10.4. The van der Waals surface area contributed by atoms with Crippen LogP contribution in [0.5, 0.6) is 0 Å². The van der Waals surface area contributed by atoms with Crippen LogP contribution in [0.3, 0.4) is 0 Å². The van der Waals surface area contributed by atoms with Crippen molar-refractivity contribution in [3.63, 3.8) is 0 Å². The lowest BCUT2D eigenvalue weighted by Gasteiger charge is -2.19. The molecule has 0 N–H and O–H groups in total. The average molecular weight is 195 g/mol. The topological polar surface area (TPSA) is 35.5 Å². The number of ether oxygens (including phenoxy) is 2. The summed E-state index contributed by atoms with van der Waals surface area (Å²) in [6.45, 7) is 0.481. The third-order valence-electron chi connectivity index (χ3n) is 1.09. The Morgan fingerprint density at radius 2 is 2.56 bits per heavy atom. The van der Waals surface area contributed by atoms with E-state index >= 15 is 0 Å². The van der Waals surface area contributed by atoms with Crippen molar-refractivity contribution in [1.29, 1.82) is 0 Å². The highest BCUT2D eigenvalue weighted by Gasteiger charge is 2.19. The Morgan fingerprint density at radius 1 is 1.78 bits per heavy atom. The van der Waals surface area contributed by atoms with Crippen LogP contribution in [0.1, 0.15) is 6.42 Å². The lowest BCUT2D eigenvalue weighted by molar-refractivity contribution is -0.0133. The summed E-state index contributed by atoms with van der Waals surface area (Å²) < 4.78 is 9.26. The standard InChI is InChI=1S/C5H7BrO3/c6-3-4-1-2-8-5(7)9-4/h4H,1-3H2. The summed E-state index contributed by atoms with van der Waals surface area (Å²) in [4.78, 5) is 10.4. The average Bonchev–Trinajstić information content (AvgIpc) is 1.88. The molecule has 0 amide bonds. The van der Waals surface area contributed by atoms with Crippen LogP contribution in [0, 0.1) is 0 Å². The minimum Gasteiger partial charge on any atom is -0.434 e. The summed E-state index contributed by atoms with van der Waals surface area (Å²) in [5.74, 6) is 0. The monoisotopic (exact) mass is 194 g/mol. The van der Waals surface area contributed by atoms with Gasteiger partial charge in [-0.3, -0.25) is 0 Å². The number of hydrogen-bond acceptors (Lipinski definition) is 3. The van der Waals surface area contributed by atoms with Crippen molar-refractivity contribution in [3.8, 4) is 0 Å². The van der Waals surface area contributed by atoms with Crippen LogP contribution in [0.25, 0.3) is 0 Å². The molecule has 0 aromatic rings. The predicted octanol–water partition coefficient (Wildman–Crippen LogP) is 1.31. The largest absolute Gasteiger partial charge is 0.508 e. The van der Waals surface area contributed by atoms with E-state index in [0.717, 1.165) is 6.42 Å². The van der Waals surface area contributed by atoms with E-state index in [4.69, 9.17) is 4.74 Å². The molecule has 3 nitrogen and oxygen atoms in total. The molecule has 0 bridgehead atoms. The number of cyclic esters (lactones) is 2. The molecular weight excluding hydrogens is 188 g/mol. The summed E-state index contributed by atoms with van der Waals surface area (Å²) >= 11 is 3.21. The first-order valence-electron chi connectivity index (χ1n) is 2.72. The van der Waals surface area contributed by atoms with Gasteiger partial charge in [0.2, 0.25) is 0 Å². The third kappa shape index (κ3) is 1.86. The van der Waals surface area contributed by atoms with Gasteiger partial charge in [0.1, 0.15) is 6.10 Å². The Morgan fingerprint density at radius 3 is 3.00 bits per heavy atom. The molecule has 1 unspecified atom stereocenters. The molecule has 1 aliphatic heterocycles. The lowest BCUT2D eigenvalue weighted by atomic mass is 10.3. The molecule has 0 spiro atoms. The predicted molar refractivity (Wildman–Crippen MR) is 34.6 cm³/mol.